The lowest BCUT2D eigenvalue weighted by molar-refractivity contribution is -0.130. The predicted molar refractivity (Wildman–Crippen MR) is 73.0 cm³/mol. The van der Waals surface area contributed by atoms with Crippen molar-refractivity contribution in [3.05, 3.63) is 35.4 Å². The third-order valence-corrected chi connectivity index (χ3v) is 3.76. The van der Waals surface area contributed by atoms with Crippen LogP contribution in [-0.2, 0) is 11.3 Å². The molecule has 1 amide bonds. The van der Waals surface area contributed by atoms with E-state index in [0.717, 1.165) is 38.1 Å². The number of hydrogen-bond acceptors (Lipinski definition) is 2. The molecule has 3 nitrogen and oxygen atoms in total. The lowest BCUT2D eigenvalue weighted by atomic mass is 10.0. The van der Waals surface area contributed by atoms with Gasteiger partial charge >= 0.3 is 0 Å². The predicted octanol–water partition coefficient (Wildman–Crippen LogP) is 2.31. The molecule has 0 spiro atoms. The van der Waals surface area contributed by atoms with Crippen LogP contribution in [0.15, 0.2) is 18.2 Å². The quantitative estimate of drug-likeness (QED) is 0.899. The van der Waals surface area contributed by atoms with Gasteiger partial charge in [0.1, 0.15) is 0 Å². The Morgan fingerprint density at radius 2 is 2.20 bits per heavy atom. The molecule has 2 rings (SSSR count). The minimum atomic E-state index is -0.875. The van der Waals surface area contributed by atoms with Gasteiger partial charge in [0.05, 0.1) is 0 Å². The van der Waals surface area contributed by atoms with E-state index in [0.29, 0.717) is 24.4 Å². The number of nitrogens with zero attached hydrogens (tertiary/aromatic N) is 1. The molecule has 110 valence electrons. The molecule has 0 bridgehead atoms. The molecule has 1 aromatic rings. The molecule has 0 radical (unpaired) electrons. The first kappa shape index (κ1) is 14.9. The van der Waals surface area contributed by atoms with Crippen molar-refractivity contribution in [3.63, 3.8) is 0 Å². The monoisotopic (exact) mass is 282 g/mol. The normalized spacial score (nSPS) is 18.2. The maximum absolute atomic E-state index is 13.1. The molecule has 1 aliphatic heterocycles. The van der Waals surface area contributed by atoms with Crippen molar-refractivity contribution < 1.29 is 13.6 Å². The van der Waals surface area contributed by atoms with Crippen molar-refractivity contribution in [1.29, 1.82) is 0 Å². The Hall–Kier alpha value is -1.49. The summed E-state index contributed by atoms with van der Waals surface area (Å²) in [5, 5.41) is 3.27. The highest BCUT2D eigenvalue weighted by Crippen LogP contribution is 2.16. The second-order valence-electron chi connectivity index (χ2n) is 5.40. The summed E-state index contributed by atoms with van der Waals surface area (Å²) >= 11 is 0. The van der Waals surface area contributed by atoms with Crippen LogP contribution in [0.5, 0.6) is 0 Å². The number of benzene rings is 1. The van der Waals surface area contributed by atoms with Crippen LogP contribution in [0.2, 0.25) is 0 Å². The van der Waals surface area contributed by atoms with Gasteiger partial charge in [0.2, 0.25) is 5.91 Å². The van der Waals surface area contributed by atoms with E-state index in [4.69, 9.17) is 0 Å². The Morgan fingerprint density at radius 3 is 2.85 bits per heavy atom. The Balaban J connectivity index is 1.81. The van der Waals surface area contributed by atoms with E-state index in [1.165, 1.54) is 6.07 Å². The summed E-state index contributed by atoms with van der Waals surface area (Å²) in [5.74, 6) is -1.12. The van der Waals surface area contributed by atoms with Crippen molar-refractivity contribution in [1.82, 2.24) is 10.2 Å². The standard InChI is InChI=1S/C15H20F2N2O/c1-19(10-12-2-4-13(16)14(17)8-12)15(20)5-3-11-6-7-18-9-11/h2,4,8,11,18H,3,5-7,9-10H2,1H3. The summed E-state index contributed by atoms with van der Waals surface area (Å²) in [6.07, 6.45) is 2.51. The van der Waals surface area contributed by atoms with Gasteiger partial charge in [-0.1, -0.05) is 6.07 Å². The Bertz CT molecular complexity index is 473. The Kier molecular flexibility index (Phi) is 5.06. The summed E-state index contributed by atoms with van der Waals surface area (Å²) < 4.78 is 25.9. The topological polar surface area (TPSA) is 32.3 Å². The molecule has 1 aliphatic rings. The van der Waals surface area contributed by atoms with Crippen molar-refractivity contribution >= 4 is 5.91 Å². The minimum absolute atomic E-state index is 0.0432. The van der Waals surface area contributed by atoms with Crippen LogP contribution in [0.25, 0.3) is 0 Å². The van der Waals surface area contributed by atoms with E-state index in [1.54, 1.807) is 11.9 Å². The second kappa shape index (κ2) is 6.79. The Morgan fingerprint density at radius 1 is 1.40 bits per heavy atom. The zero-order valence-electron chi connectivity index (χ0n) is 11.7. The number of nitrogens with one attached hydrogen (secondary N) is 1. The molecule has 1 saturated heterocycles. The highest BCUT2D eigenvalue weighted by atomic mass is 19.2. The summed E-state index contributed by atoms with van der Waals surface area (Å²) in [6.45, 7) is 2.32. The highest BCUT2D eigenvalue weighted by Gasteiger charge is 2.17. The van der Waals surface area contributed by atoms with Crippen LogP contribution in [0, 0.1) is 17.6 Å². The molecule has 1 atom stereocenters. The zero-order chi connectivity index (χ0) is 14.5. The molecule has 0 aliphatic carbocycles. The van der Waals surface area contributed by atoms with Gasteiger partial charge in [-0.25, -0.2) is 8.78 Å². The van der Waals surface area contributed by atoms with Gasteiger partial charge in [-0.15, -0.1) is 0 Å². The average molecular weight is 282 g/mol. The number of carbonyl (C=O) groups excluding carboxylic acids is 1. The third kappa shape index (κ3) is 4.00. The molecular weight excluding hydrogens is 262 g/mol. The van der Waals surface area contributed by atoms with Gasteiger partial charge in [-0.05, 0) is 49.5 Å². The van der Waals surface area contributed by atoms with E-state index in [9.17, 15) is 13.6 Å². The fraction of sp³-hybridized carbons (Fsp3) is 0.533. The number of rotatable bonds is 5. The molecule has 0 saturated carbocycles. The maximum atomic E-state index is 13.1. The van der Waals surface area contributed by atoms with Crippen molar-refractivity contribution in [3.8, 4) is 0 Å². The van der Waals surface area contributed by atoms with Crippen LogP contribution >= 0.6 is 0 Å². The minimum Gasteiger partial charge on any atom is -0.341 e. The van der Waals surface area contributed by atoms with Gasteiger partial charge in [0.15, 0.2) is 11.6 Å². The van der Waals surface area contributed by atoms with Gasteiger partial charge in [-0.3, -0.25) is 4.79 Å². The molecule has 5 heteroatoms. The number of hydrogen-bond donors (Lipinski definition) is 1. The second-order valence-corrected chi connectivity index (χ2v) is 5.40. The molecule has 1 heterocycles. The van der Waals surface area contributed by atoms with Crippen LogP contribution in [0.1, 0.15) is 24.8 Å². The van der Waals surface area contributed by atoms with Crippen molar-refractivity contribution in [2.24, 2.45) is 5.92 Å². The average Bonchev–Trinajstić information content (AvgIpc) is 2.93. The summed E-state index contributed by atoms with van der Waals surface area (Å²) in [6, 6.07) is 3.73. The number of amides is 1. The Labute approximate surface area is 118 Å². The van der Waals surface area contributed by atoms with E-state index >= 15 is 0 Å². The molecular formula is C15H20F2N2O. The van der Waals surface area contributed by atoms with Crippen LogP contribution in [0.3, 0.4) is 0 Å². The van der Waals surface area contributed by atoms with E-state index in [1.807, 2.05) is 0 Å². The van der Waals surface area contributed by atoms with Crippen LogP contribution < -0.4 is 5.32 Å². The lowest BCUT2D eigenvalue weighted by Crippen LogP contribution is -2.26. The number of halogens is 2. The van der Waals surface area contributed by atoms with Crippen molar-refractivity contribution in [2.75, 3.05) is 20.1 Å². The largest absolute Gasteiger partial charge is 0.341 e. The highest BCUT2D eigenvalue weighted by molar-refractivity contribution is 5.75. The molecule has 1 aromatic carbocycles. The van der Waals surface area contributed by atoms with Crippen molar-refractivity contribution in [2.45, 2.75) is 25.8 Å². The summed E-state index contributed by atoms with van der Waals surface area (Å²) in [7, 11) is 1.69. The summed E-state index contributed by atoms with van der Waals surface area (Å²) in [5.41, 5.74) is 0.599. The molecule has 1 N–H and O–H groups in total. The fourth-order valence-corrected chi connectivity index (χ4v) is 2.48. The van der Waals surface area contributed by atoms with E-state index in [-0.39, 0.29) is 5.91 Å². The lowest BCUT2D eigenvalue weighted by Gasteiger charge is -2.18. The zero-order valence-corrected chi connectivity index (χ0v) is 11.7. The third-order valence-electron chi connectivity index (χ3n) is 3.76. The SMILES string of the molecule is CN(Cc1ccc(F)c(F)c1)C(=O)CCC1CCNC1. The van der Waals surface area contributed by atoms with Crippen LogP contribution in [-0.4, -0.2) is 30.9 Å². The number of carbonyl (C=O) groups is 1. The molecule has 1 fully saturated rings. The smallest absolute Gasteiger partial charge is 0.222 e. The molecule has 20 heavy (non-hydrogen) atoms. The fourth-order valence-electron chi connectivity index (χ4n) is 2.48. The van der Waals surface area contributed by atoms with Crippen LogP contribution in [0.4, 0.5) is 8.78 Å². The van der Waals surface area contributed by atoms with E-state index < -0.39 is 11.6 Å². The first-order chi connectivity index (χ1) is 9.56. The maximum Gasteiger partial charge on any atom is 0.222 e. The van der Waals surface area contributed by atoms with Gasteiger partial charge in [-0.2, -0.15) is 0 Å². The van der Waals surface area contributed by atoms with Gasteiger partial charge in [0, 0.05) is 20.0 Å². The van der Waals surface area contributed by atoms with E-state index in [2.05, 4.69) is 5.32 Å². The first-order valence-electron chi connectivity index (χ1n) is 6.95. The first-order valence-corrected chi connectivity index (χ1v) is 6.95. The van der Waals surface area contributed by atoms with Gasteiger partial charge in [0.25, 0.3) is 0 Å². The summed E-state index contributed by atoms with van der Waals surface area (Å²) in [4.78, 5) is 13.6. The molecule has 1 unspecified atom stereocenters. The molecule has 0 aromatic heterocycles. The van der Waals surface area contributed by atoms with Gasteiger partial charge < -0.3 is 10.2 Å².